The molecular weight excluding hydrogens is 558 g/mol. The van der Waals surface area contributed by atoms with Crippen molar-refractivity contribution in [2.45, 2.75) is 60.8 Å². The summed E-state index contributed by atoms with van der Waals surface area (Å²) in [5.74, 6) is 0. The van der Waals surface area contributed by atoms with Crippen LogP contribution in [0.1, 0.15) is 0 Å². The second-order valence-electron chi connectivity index (χ2n) is 5.93. The van der Waals surface area contributed by atoms with Gasteiger partial charge in [0.25, 0.3) is 0 Å². The standard InChI is InChI=1S/C14H8F18O3/c1-3-5(34-7(9(15,16)17,10(18,19)20)11(21,22)23)33-6(4-2)35-8(12(24,25)26,13(27,28)29)14(30,31)32/h3-6H,1-2H2. The van der Waals surface area contributed by atoms with Crippen LogP contribution in [0.2, 0.25) is 0 Å². The Bertz CT molecular complexity index is 600. The van der Waals surface area contributed by atoms with E-state index < -0.39 is 73.0 Å². The molecule has 0 saturated heterocycles. The second-order valence-corrected chi connectivity index (χ2v) is 5.93. The molecule has 0 aromatic carbocycles. The monoisotopic (exact) mass is 566 g/mol. The molecule has 0 amide bonds. The maximum atomic E-state index is 12.9. The molecular formula is C14H8F18O3. The fraction of sp³-hybridized carbons (Fsp3) is 0.714. The third-order valence-corrected chi connectivity index (χ3v) is 3.63. The van der Waals surface area contributed by atoms with E-state index in [1.165, 1.54) is 0 Å². The molecule has 0 heterocycles. The summed E-state index contributed by atoms with van der Waals surface area (Å²) in [6.07, 6.45) is -53.9. The summed E-state index contributed by atoms with van der Waals surface area (Å²) in [5.41, 5.74) is -14.4. The van der Waals surface area contributed by atoms with Crippen LogP contribution in [0.3, 0.4) is 0 Å². The van der Waals surface area contributed by atoms with Crippen molar-refractivity contribution in [1.29, 1.82) is 0 Å². The van der Waals surface area contributed by atoms with Gasteiger partial charge in [-0.15, -0.1) is 0 Å². The van der Waals surface area contributed by atoms with E-state index in [0.29, 0.717) is 0 Å². The predicted octanol–water partition coefficient (Wildman–Crippen LogP) is 6.91. The van der Waals surface area contributed by atoms with Crippen LogP contribution in [0, 0.1) is 0 Å². The predicted molar refractivity (Wildman–Crippen MR) is 73.0 cm³/mol. The van der Waals surface area contributed by atoms with Gasteiger partial charge in [-0.3, -0.25) is 0 Å². The normalized spacial score (nSPS) is 17.2. The van der Waals surface area contributed by atoms with Crippen LogP contribution < -0.4 is 0 Å². The van der Waals surface area contributed by atoms with E-state index in [-0.39, 0.29) is 0 Å². The summed E-state index contributed by atoms with van der Waals surface area (Å²) in [7, 11) is 0. The minimum absolute atomic E-state index is 0.603. The Balaban J connectivity index is 6.67. The maximum Gasteiger partial charge on any atom is 0.435 e. The summed E-state index contributed by atoms with van der Waals surface area (Å²) in [5, 5.41) is 0. The lowest BCUT2D eigenvalue weighted by Gasteiger charge is -2.41. The Hall–Kier alpha value is -1.90. The highest BCUT2D eigenvalue weighted by molar-refractivity contribution is 5.05. The number of hydrogen-bond donors (Lipinski definition) is 0. The number of alkyl halides is 18. The van der Waals surface area contributed by atoms with E-state index in [4.69, 9.17) is 0 Å². The van der Waals surface area contributed by atoms with Gasteiger partial charge in [0.1, 0.15) is 0 Å². The van der Waals surface area contributed by atoms with Gasteiger partial charge in [-0.1, -0.05) is 13.2 Å². The van der Waals surface area contributed by atoms with Crippen molar-refractivity contribution in [2.24, 2.45) is 0 Å². The fourth-order valence-electron chi connectivity index (χ4n) is 2.11. The molecule has 0 aromatic heterocycles. The molecule has 0 aliphatic heterocycles. The zero-order chi connectivity index (χ0) is 28.7. The van der Waals surface area contributed by atoms with Gasteiger partial charge < -0.3 is 14.2 Å². The first kappa shape index (κ1) is 33.1. The van der Waals surface area contributed by atoms with Crippen molar-refractivity contribution in [1.82, 2.24) is 0 Å². The van der Waals surface area contributed by atoms with Crippen molar-refractivity contribution in [3.05, 3.63) is 25.3 Å². The van der Waals surface area contributed by atoms with Crippen molar-refractivity contribution in [2.75, 3.05) is 0 Å². The third-order valence-electron chi connectivity index (χ3n) is 3.63. The van der Waals surface area contributed by atoms with E-state index >= 15 is 0 Å². The molecule has 3 nitrogen and oxygen atoms in total. The van der Waals surface area contributed by atoms with E-state index in [2.05, 4.69) is 27.4 Å². The smallest absolute Gasteiger partial charge is 0.317 e. The van der Waals surface area contributed by atoms with Crippen molar-refractivity contribution < 1.29 is 93.2 Å². The van der Waals surface area contributed by atoms with Crippen LogP contribution in [0.25, 0.3) is 0 Å². The Labute approximate surface area is 180 Å². The van der Waals surface area contributed by atoms with Crippen molar-refractivity contribution in [3.63, 3.8) is 0 Å². The van der Waals surface area contributed by atoms with Crippen LogP contribution in [0.4, 0.5) is 79.0 Å². The molecule has 2 unspecified atom stereocenters. The van der Waals surface area contributed by atoms with Gasteiger partial charge in [0.15, 0.2) is 12.6 Å². The van der Waals surface area contributed by atoms with E-state index in [1.54, 1.807) is 0 Å². The lowest BCUT2D eigenvalue weighted by molar-refractivity contribution is -0.492. The molecule has 0 aliphatic carbocycles. The summed E-state index contributed by atoms with van der Waals surface area (Å²) in [6, 6.07) is 0. The van der Waals surface area contributed by atoms with Gasteiger partial charge in [-0.05, 0) is 12.2 Å². The SMILES string of the molecule is C=CC(OC(C=C)OC(C(F)(F)F)(C(F)(F)F)C(F)(F)F)OC(C(F)(F)F)(C(F)(F)F)C(F)(F)F. The molecule has 0 spiro atoms. The summed E-state index contributed by atoms with van der Waals surface area (Å²) in [6.45, 7) is 4.63. The fourth-order valence-corrected chi connectivity index (χ4v) is 2.11. The van der Waals surface area contributed by atoms with Gasteiger partial charge in [-0.2, -0.15) is 79.0 Å². The zero-order valence-electron chi connectivity index (χ0n) is 15.8. The number of ether oxygens (including phenoxy) is 3. The van der Waals surface area contributed by atoms with Crippen LogP contribution in [-0.2, 0) is 14.2 Å². The molecule has 2 atom stereocenters. The Morgan fingerprint density at radius 3 is 0.686 bits per heavy atom. The van der Waals surface area contributed by atoms with Gasteiger partial charge in [0.2, 0.25) is 0 Å². The molecule has 0 N–H and O–H groups in total. The first-order valence-corrected chi connectivity index (χ1v) is 7.74. The summed E-state index contributed by atoms with van der Waals surface area (Å²) in [4.78, 5) is 0. The number of halogens is 18. The molecule has 35 heavy (non-hydrogen) atoms. The molecule has 0 rings (SSSR count). The summed E-state index contributed by atoms with van der Waals surface area (Å²) >= 11 is 0. The third kappa shape index (κ3) is 5.92. The minimum Gasteiger partial charge on any atom is -0.317 e. The van der Waals surface area contributed by atoms with Gasteiger partial charge >= 0.3 is 48.3 Å². The van der Waals surface area contributed by atoms with E-state index in [1.807, 2.05) is 0 Å². The van der Waals surface area contributed by atoms with Crippen LogP contribution in [0.15, 0.2) is 25.3 Å². The van der Waals surface area contributed by atoms with Crippen LogP contribution in [-0.4, -0.2) is 60.8 Å². The van der Waals surface area contributed by atoms with Crippen LogP contribution >= 0.6 is 0 Å². The number of rotatable bonds is 8. The van der Waals surface area contributed by atoms with E-state index in [0.717, 1.165) is 0 Å². The Kier molecular flexibility index (Phi) is 9.01. The molecule has 0 aliphatic rings. The van der Waals surface area contributed by atoms with Crippen molar-refractivity contribution >= 4 is 0 Å². The highest BCUT2D eigenvalue weighted by Gasteiger charge is 2.87. The Morgan fingerprint density at radius 1 is 0.400 bits per heavy atom. The molecule has 0 bridgehead atoms. The second kappa shape index (κ2) is 9.52. The first-order chi connectivity index (χ1) is 15.1. The van der Waals surface area contributed by atoms with Gasteiger partial charge in [-0.25, -0.2) is 0 Å². The molecule has 0 saturated carbocycles. The lowest BCUT2D eigenvalue weighted by atomic mass is 10.0. The topological polar surface area (TPSA) is 27.7 Å². The molecule has 21 heteroatoms. The largest absolute Gasteiger partial charge is 0.435 e. The molecule has 0 aromatic rings. The molecule has 208 valence electrons. The maximum absolute atomic E-state index is 12.9. The number of hydrogen-bond acceptors (Lipinski definition) is 3. The average molecular weight is 566 g/mol. The van der Waals surface area contributed by atoms with Crippen LogP contribution in [0.5, 0.6) is 0 Å². The highest BCUT2D eigenvalue weighted by Crippen LogP contribution is 2.57. The summed E-state index contributed by atoms with van der Waals surface area (Å²) < 4.78 is 241. The van der Waals surface area contributed by atoms with E-state index in [9.17, 15) is 79.0 Å². The molecule has 0 fully saturated rings. The highest BCUT2D eigenvalue weighted by atomic mass is 19.4. The quantitative estimate of drug-likeness (QED) is 0.182. The van der Waals surface area contributed by atoms with Gasteiger partial charge in [0.05, 0.1) is 0 Å². The molecule has 0 radical (unpaired) electrons. The van der Waals surface area contributed by atoms with Crippen molar-refractivity contribution in [3.8, 4) is 0 Å². The Morgan fingerprint density at radius 2 is 0.571 bits per heavy atom. The lowest BCUT2D eigenvalue weighted by Crippen LogP contribution is -2.69. The average Bonchev–Trinajstić information content (AvgIpc) is 2.54. The van der Waals surface area contributed by atoms with Gasteiger partial charge in [0, 0.05) is 0 Å². The minimum atomic E-state index is -7.47. The zero-order valence-corrected chi connectivity index (χ0v) is 15.8. The first-order valence-electron chi connectivity index (χ1n) is 7.74.